The van der Waals surface area contributed by atoms with E-state index in [1.165, 1.54) is 38.2 Å². The van der Waals surface area contributed by atoms with Crippen LogP contribution in [0.1, 0.15) is 44.1 Å². The highest BCUT2D eigenvalue weighted by Crippen LogP contribution is 2.29. The number of aliphatic hydroxyl groups is 1. The van der Waals surface area contributed by atoms with Crippen molar-refractivity contribution in [2.45, 2.75) is 51.0 Å². The first-order valence-electron chi connectivity index (χ1n) is 6.77. The second-order valence-electron chi connectivity index (χ2n) is 5.30. The summed E-state index contributed by atoms with van der Waals surface area (Å²) in [5, 5.41) is 10.5. The number of hydrogen-bond acceptors (Lipinski definition) is 1. The van der Waals surface area contributed by atoms with Gasteiger partial charge in [-0.15, -0.1) is 0 Å². The quantitative estimate of drug-likeness (QED) is 0.862. The number of rotatable bonds is 4. The topological polar surface area (TPSA) is 20.2 Å². The fourth-order valence-corrected chi connectivity index (χ4v) is 3.09. The Morgan fingerprint density at radius 2 is 2.00 bits per heavy atom. The van der Waals surface area contributed by atoms with Gasteiger partial charge in [-0.2, -0.15) is 0 Å². The predicted octanol–water partition coefficient (Wildman–Crippen LogP) is 4.35. The SMILES string of the molecule is OC(Cc1c(F)cccc1Cl)CC1CCCCC1. The van der Waals surface area contributed by atoms with Crippen LogP contribution in [0.25, 0.3) is 0 Å². The summed E-state index contributed by atoms with van der Waals surface area (Å²) in [4.78, 5) is 0. The van der Waals surface area contributed by atoms with Crippen LogP contribution in [0, 0.1) is 11.7 Å². The molecular weight excluding hydrogens is 251 g/mol. The first-order valence-corrected chi connectivity index (χ1v) is 7.15. The second kappa shape index (κ2) is 6.53. The van der Waals surface area contributed by atoms with E-state index in [0.717, 1.165) is 6.42 Å². The molecule has 0 bridgehead atoms. The van der Waals surface area contributed by atoms with E-state index in [1.807, 2.05) is 0 Å². The first kappa shape index (κ1) is 13.8. The van der Waals surface area contributed by atoms with E-state index >= 15 is 0 Å². The molecule has 0 heterocycles. The number of halogens is 2. The molecule has 1 aromatic carbocycles. The maximum absolute atomic E-state index is 13.6. The number of aliphatic hydroxyl groups excluding tert-OH is 1. The van der Waals surface area contributed by atoms with Crippen LogP contribution < -0.4 is 0 Å². The molecule has 0 aliphatic heterocycles. The minimum absolute atomic E-state index is 0.315. The molecule has 1 nitrogen and oxygen atoms in total. The summed E-state index contributed by atoms with van der Waals surface area (Å²) in [6, 6.07) is 4.66. The molecule has 0 amide bonds. The number of hydrogen-bond donors (Lipinski definition) is 1. The molecule has 18 heavy (non-hydrogen) atoms. The summed E-state index contributed by atoms with van der Waals surface area (Å²) in [7, 11) is 0. The average Bonchev–Trinajstić information content (AvgIpc) is 2.35. The molecule has 1 unspecified atom stereocenters. The zero-order chi connectivity index (χ0) is 13.0. The standard InChI is InChI=1S/C15H20ClFO/c16-14-7-4-8-15(17)13(14)10-12(18)9-11-5-2-1-3-6-11/h4,7-8,11-12,18H,1-3,5-6,9-10H2. The van der Waals surface area contributed by atoms with E-state index in [9.17, 15) is 9.50 Å². The smallest absolute Gasteiger partial charge is 0.127 e. The Bertz CT molecular complexity index is 368. The van der Waals surface area contributed by atoms with Gasteiger partial charge >= 0.3 is 0 Å². The van der Waals surface area contributed by atoms with E-state index in [4.69, 9.17) is 11.6 Å². The van der Waals surface area contributed by atoms with E-state index in [-0.39, 0.29) is 5.82 Å². The Hall–Kier alpha value is -0.600. The van der Waals surface area contributed by atoms with Crippen LogP contribution in [0.5, 0.6) is 0 Å². The first-order chi connectivity index (χ1) is 8.66. The summed E-state index contributed by atoms with van der Waals surface area (Å²) >= 11 is 5.97. The second-order valence-corrected chi connectivity index (χ2v) is 5.71. The Morgan fingerprint density at radius 1 is 1.28 bits per heavy atom. The molecular formula is C15H20ClFO. The molecule has 1 aromatic rings. The van der Waals surface area contributed by atoms with E-state index in [2.05, 4.69) is 0 Å². The summed E-state index contributed by atoms with van der Waals surface area (Å²) in [5.74, 6) is 0.282. The van der Waals surface area contributed by atoms with Gasteiger partial charge in [0.05, 0.1) is 6.10 Å². The van der Waals surface area contributed by atoms with Crippen molar-refractivity contribution in [3.05, 3.63) is 34.6 Å². The monoisotopic (exact) mass is 270 g/mol. The molecule has 0 aromatic heterocycles. The molecule has 0 spiro atoms. The van der Waals surface area contributed by atoms with Crippen LogP contribution >= 0.6 is 11.6 Å². The molecule has 1 aliphatic carbocycles. The highest BCUT2D eigenvalue weighted by molar-refractivity contribution is 6.31. The van der Waals surface area contributed by atoms with Crippen LogP contribution in [0.2, 0.25) is 5.02 Å². The van der Waals surface area contributed by atoms with Gasteiger partial charge < -0.3 is 5.11 Å². The summed E-state index contributed by atoms with van der Waals surface area (Å²) in [6.07, 6.45) is 6.83. The van der Waals surface area contributed by atoms with Crippen LogP contribution in [0.3, 0.4) is 0 Å². The fourth-order valence-electron chi connectivity index (χ4n) is 2.85. The molecule has 1 fully saturated rings. The van der Waals surface area contributed by atoms with Crippen LogP contribution in [0.15, 0.2) is 18.2 Å². The summed E-state index contributed by atoms with van der Waals surface area (Å²) in [5.41, 5.74) is 0.447. The highest BCUT2D eigenvalue weighted by Gasteiger charge is 2.19. The van der Waals surface area contributed by atoms with Crippen molar-refractivity contribution in [1.82, 2.24) is 0 Å². The zero-order valence-corrected chi connectivity index (χ0v) is 11.3. The molecule has 1 N–H and O–H groups in total. The van der Waals surface area contributed by atoms with Crippen molar-refractivity contribution in [3.63, 3.8) is 0 Å². The van der Waals surface area contributed by atoms with Gasteiger partial charge in [0.15, 0.2) is 0 Å². The third-order valence-electron chi connectivity index (χ3n) is 3.83. The third-order valence-corrected chi connectivity index (χ3v) is 4.19. The van der Waals surface area contributed by atoms with Crippen molar-refractivity contribution in [3.8, 4) is 0 Å². The lowest BCUT2D eigenvalue weighted by Gasteiger charge is -2.24. The molecule has 0 radical (unpaired) electrons. The largest absolute Gasteiger partial charge is 0.393 e. The van der Waals surface area contributed by atoms with Crippen LogP contribution in [-0.2, 0) is 6.42 Å². The normalized spacial score (nSPS) is 18.8. The Morgan fingerprint density at radius 3 is 2.67 bits per heavy atom. The minimum atomic E-state index is -0.484. The number of benzene rings is 1. The Labute approximate surface area is 113 Å². The average molecular weight is 271 g/mol. The lowest BCUT2D eigenvalue weighted by atomic mass is 9.84. The summed E-state index contributed by atoms with van der Waals surface area (Å²) < 4.78 is 13.6. The lowest BCUT2D eigenvalue weighted by Crippen LogP contribution is -2.19. The zero-order valence-electron chi connectivity index (χ0n) is 10.5. The molecule has 1 atom stereocenters. The molecule has 2 rings (SSSR count). The van der Waals surface area contributed by atoms with Crippen molar-refractivity contribution in [1.29, 1.82) is 0 Å². The van der Waals surface area contributed by atoms with Gasteiger partial charge in [-0.05, 0) is 24.5 Å². The Kier molecular flexibility index (Phi) is 5.02. The molecule has 1 aliphatic rings. The molecule has 100 valence electrons. The van der Waals surface area contributed by atoms with Gasteiger partial charge in [-0.1, -0.05) is 49.8 Å². The van der Waals surface area contributed by atoms with E-state index in [1.54, 1.807) is 12.1 Å². The van der Waals surface area contributed by atoms with Gasteiger partial charge in [0, 0.05) is 17.0 Å². The van der Waals surface area contributed by atoms with Gasteiger partial charge in [-0.3, -0.25) is 0 Å². The lowest BCUT2D eigenvalue weighted by molar-refractivity contribution is 0.129. The van der Waals surface area contributed by atoms with E-state index in [0.29, 0.717) is 22.9 Å². The summed E-state index contributed by atoms with van der Waals surface area (Å²) in [6.45, 7) is 0. The highest BCUT2D eigenvalue weighted by atomic mass is 35.5. The molecule has 0 saturated heterocycles. The van der Waals surface area contributed by atoms with Gasteiger partial charge in [-0.25, -0.2) is 4.39 Å². The fraction of sp³-hybridized carbons (Fsp3) is 0.600. The molecule has 1 saturated carbocycles. The van der Waals surface area contributed by atoms with Gasteiger partial charge in [0.25, 0.3) is 0 Å². The predicted molar refractivity (Wildman–Crippen MR) is 72.3 cm³/mol. The van der Waals surface area contributed by atoms with Crippen molar-refractivity contribution < 1.29 is 9.50 Å². The maximum atomic E-state index is 13.6. The van der Waals surface area contributed by atoms with Crippen molar-refractivity contribution in [2.24, 2.45) is 5.92 Å². The van der Waals surface area contributed by atoms with Crippen molar-refractivity contribution in [2.75, 3.05) is 0 Å². The third kappa shape index (κ3) is 3.69. The van der Waals surface area contributed by atoms with Crippen LogP contribution in [-0.4, -0.2) is 11.2 Å². The van der Waals surface area contributed by atoms with Crippen LogP contribution in [0.4, 0.5) is 4.39 Å². The molecule has 3 heteroatoms. The van der Waals surface area contributed by atoms with E-state index < -0.39 is 6.10 Å². The minimum Gasteiger partial charge on any atom is -0.393 e. The maximum Gasteiger partial charge on any atom is 0.127 e. The van der Waals surface area contributed by atoms with Crippen molar-refractivity contribution >= 4 is 11.6 Å². The van der Waals surface area contributed by atoms with Gasteiger partial charge in [0.1, 0.15) is 5.82 Å². The Balaban J connectivity index is 1.92. The van der Waals surface area contributed by atoms with Gasteiger partial charge in [0.2, 0.25) is 0 Å².